The Balaban J connectivity index is 2.63. The Kier molecular flexibility index (Phi) is 6.41. The first-order valence-electron chi connectivity index (χ1n) is 6.00. The fourth-order valence-electron chi connectivity index (χ4n) is 1.70. The molecule has 5 nitrogen and oxygen atoms in total. The number of rotatable bonds is 8. The lowest BCUT2D eigenvalue weighted by atomic mass is 10.1. The van der Waals surface area contributed by atoms with Gasteiger partial charge in [0.1, 0.15) is 5.82 Å². The Bertz CT molecular complexity index is 420. The third-order valence-corrected chi connectivity index (χ3v) is 2.76. The first-order chi connectivity index (χ1) is 9.08. The molecule has 1 aromatic rings. The van der Waals surface area contributed by atoms with Crippen LogP contribution in [-0.4, -0.2) is 37.4 Å². The van der Waals surface area contributed by atoms with Crippen LogP contribution in [-0.2, 0) is 11.3 Å². The highest BCUT2D eigenvalue weighted by Crippen LogP contribution is 2.10. The zero-order chi connectivity index (χ0) is 14.3. The van der Waals surface area contributed by atoms with Gasteiger partial charge in [-0.1, -0.05) is 6.07 Å². The number of hydrogen-bond donors (Lipinski definition) is 3. The molecule has 0 aliphatic rings. The zero-order valence-electron chi connectivity index (χ0n) is 10.9. The first-order valence-corrected chi connectivity index (χ1v) is 6.00. The van der Waals surface area contributed by atoms with Gasteiger partial charge in [-0.2, -0.15) is 0 Å². The molecule has 0 spiro atoms. The highest BCUT2D eigenvalue weighted by Gasteiger charge is 2.10. The number of methoxy groups -OCH3 is 1. The molecule has 19 heavy (non-hydrogen) atoms. The van der Waals surface area contributed by atoms with Crippen molar-refractivity contribution >= 4 is 5.91 Å². The van der Waals surface area contributed by atoms with Crippen LogP contribution >= 0.6 is 0 Å². The lowest BCUT2D eigenvalue weighted by Crippen LogP contribution is -2.33. The summed E-state index contributed by atoms with van der Waals surface area (Å²) in [5.74, 6) is -1.14. The third-order valence-electron chi connectivity index (χ3n) is 2.76. The molecular weight excluding hydrogens is 251 g/mol. The predicted octanol–water partition coefficient (Wildman–Crippen LogP) is 0.412. The molecule has 0 aliphatic heterocycles. The summed E-state index contributed by atoms with van der Waals surface area (Å²) < 4.78 is 18.7. The van der Waals surface area contributed by atoms with E-state index in [4.69, 9.17) is 15.6 Å². The number of hydrogen-bond acceptors (Lipinski definition) is 4. The number of carbonyl (C=O) groups is 1. The van der Waals surface area contributed by atoms with Gasteiger partial charge in [0.15, 0.2) is 0 Å². The summed E-state index contributed by atoms with van der Waals surface area (Å²) in [5.41, 5.74) is 5.65. The van der Waals surface area contributed by atoms with Crippen LogP contribution in [0.25, 0.3) is 0 Å². The van der Waals surface area contributed by atoms with Crippen molar-refractivity contribution < 1.29 is 19.0 Å². The van der Waals surface area contributed by atoms with Crippen LogP contribution < -0.4 is 11.1 Å². The standard InChI is InChI=1S/C13H19FN2O3/c1-19-8-11(4-5-17)16-7-10-3-2-9(13(15)18)6-12(10)14/h2-3,6,11,16-17H,4-5,7-8H2,1H3,(H2,15,18). The van der Waals surface area contributed by atoms with Crippen LogP contribution in [0.3, 0.4) is 0 Å². The minimum atomic E-state index is -0.657. The minimum Gasteiger partial charge on any atom is -0.396 e. The van der Waals surface area contributed by atoms with Crippen LogP contribution in [0.4, 0.5) is 4.39 Å². The summed E-state index contributed by atoms with van der Waals surface area (Å²) in [6.45, 7) is 0.755. The van der Waals surface area contributed by atoms with Crippen LogP contribution in [0.1, 0.15) is 22.3 Å². The predicted molar refractivity (Wildman–Crippen MR) is 69.1 cm³/mol. The molecule has 0 fully saturated rings. The number of aliphatic hydroxyl groups excluding tert-OH is 1. The van der Waals surface area contributed by atoms with Crippen molar-refractivity contribution in [2.75, 3.05) is 20.3 Å². The number of ether oxygens (including phenoxy) is 1. The van der Waals surface area contributed by atoms with E-state index in [2.05, 4.69) is 5.32 Å². The van der Waals surface area contributed by atoms with E-state index in [9.17, 15) is 9.18 Å². The molecule has 1 atom stereocenters. The van der Waals surface area contributed by atoms with E-state index in [-0.39, 0.29) is 18.2 Å². The third kappa shape index (κ3) is 4.94. The van der Waals surface area contributed by atoms with E-state index in [1.165, 1.54) is 12.1 Å². The second-order valence-electron chi connectivity index (χ2n) is 4.22. The van der Waals surface area contributed by atoms with Gasteiger partial charge < -0.3 is 20.9 Å². The molecule has 0 radical (unpaired) electrons. The number of halogens is 1. The average Bonchev–Trinajstić information content (AvgIpc) is 2.37. The molecule has 1 aromatic carbocycles. The Labute approximate surface area is 111 Å². The number of carbonyl (C=O) groups excluding carboxylic acids is 1. The molecule has 106 valence electrons. The normalized spacial score (nSPS) is 12.4. The molecule has 0 saturated carbocycles. The van der Waals surface area contributed by atoms with E-state index in [0.717, 1.165) is 6.07 Å². The Hall–Kier alpha value is -1.50. The number of aliphatic hydroxyl groups is 1. The maximum absolute atomic E-state index is 13.7. The molecule has 0 bridgehead atoms. The molecule has 4 N–H and O–H groups in total. The SMILES string of the molecule is COCC(CCO)NCc1ccc(C(N)=O)cc1F. The van der Waals surface area contributed by atoms with Crippen molar-refractivity contribution in [2.45, 2.75) is 19.0 Å². The van der Waals surface area contributed by atoms with Gasteiger partial charge in [-0.15, -0.1) is 0 Å². The molecule has 1 unspecified atom stereocenters. The van der Waals surface area contributed by atoms with Gasteiger partial charge in [-0.05, 0) is 18.6 Å². The lowest BCUT2D eigenvalue weighted by molar-refractivity contribution is 0.1000. The summed E-state index contributed by atoms with van der Waals surface area (Å²) in [4.78, 5) is 10.9. The van der Waals surface area contributed by atoms with E-state index < -0.39 is 11.7 Å². The van der Waals surface area contributed by atoms with Gasteiger partial charge in [0.25, 0.3) is 0 Å². The highest BCUT2D eigenvalue weighted by atomic mass is 19.1. The van der Waals surface area contributed by atoms with E-state index in [0.29, 0.717) is 25.1 Å². The molecule has 0 heterocycles. The summed E-state index contributed by atoms with van der Waals surface area (Å²) in [6, 6.07) is 4.08. The minimum absolute atomic E-state index is 0.0319. The molecule has 0 saturated heterocycles. The molecule has 6 heteroatoms. The number of primary amides is 1. The van der Waals surface area contributed by atoms with Crippen LogP contribution in [0.5, 0.6) is 0 Å². The van der Waals surface area contributed by atoms with Gasteiger partial charge in [0.05, 0.1) is 6.61 Å². The van der Waals surface area contributed by atoms with E-state index in [1.807, 2.05) is 0 Å². The van der Waals surface area contributed by atoms with Crippen molar-refractivity contribution in [3.63, 3.8) is 0 Å². The Morgan fingerprint density at radius 1 is 1.58 bits per heavy atom. The number of nitrogens with one attached hydrogen (secondary N) is 1. The van der Waals surface area contributed by atoms with Crippen LogP contribution in [0.15, 0.2) is 18.2 Å². The average molecular weight is 270 g/mol. The van der Waals surface area contributed by atoms with Crippen molar-refractivity contribution in [1.82, 2.24) is 5.32 Å². The van der Waals surface area contributed by atoms with Crippen LogP contribution in [0, 0.1) is 5.82 Å². The van der Waals surface area contributed by atoms with Crippen LogP contribution in [0.2, 0.25) is 0 Å². The van der Waals surface area contributed by atoms with Crippen molar-refractivity contribution in [1.29, 1.82) is 0 Å². The number of benzene rings is 1. The van der Waals surface area contributed by atoms with Gasteiger partial charge >= 0.3 is 0 Å². The van der Waals surface area contributed by atoms with Crippen molar-refractivity contribution in [3.8, 4) is 0 Å². The Morgan fingerprint density at radius 2 is 2.32 bits per heavy atom. The summed E-state index contributed by atoms with van der Waals surface area (Å²) in [6.07, 6.45) is 0.523. The summed E-state index contributed by atoms with van der Waals surface area (Å²) in [7, 11) is 1.56. The molecule has 0 aliphatic carbocycles. The first kappa shape index (κ1) is 15.6. The van der Waals surface area contributed by atoms with Gasteiger partial charge in [-0.3, -0.25) is 4.79 Å². The van der Waals surface area contributed by atoms with E-state index in [1.54, 1.807) is 7.11 Å². The fraction of sp³-hybridized carbons (Fsp3) is 0.462. The molecule has 1 rings (SSSR count). The molecular formula is C13H19FN2O3. The maximum atomic E-state index is 13.7. The zero-order valence-corrected chi connectivity index (χ0v) is 10.9. The monoisotopic (exact) mass is 270 g/mol. The largest absolute Gasteiger partial charge is 0.396 e. The fourth-order valence-corrected chi connectivity index (χ4v) is 1.70. The Morgan fingerprint density at radius 3 is 2.84 bits per heavy atom. The van der Waals surface area contributed by atoms with E-state index >= 15 is 0 Å². The second kappa shape index (κ2) is 7.83. The second-order valence-corrected chi connectivity index (χ2v) is 4.22. The summed E-state index contributed by atoms with van der Waals surface area (Å²) >= 11 is 0. The van der Waals surface area contributed by atoms with Gasteiger partial charge in [0.2, 0.25) is 5.91 Å². The van der Waals surface area contributed by atoms with Crippen molar-refractivity contribution in [2.24, 2.45) is 5.73 Å². The lowest BCUT2D eigenvalue weighted by Gasteiger charge is -2.17. The number of amides is 1. The maximum Gasteiger partial charge on any atom is 0.248 e. The molecule has 0 aromatic heterocycles. The smallest absolute Gasteiger partial charge is 0.248 e. The highest BCUT2D eigenvalue weighted by molar-refractivity contribution is 5.92. The summed E-state index contributed by atoms with van der Waals surface area (Å²) in [5, 5.41) is 12.0. The quantitative estimate of drug-likeness (QED) is 0.639. The van der Waals surface area contributed by atoms with Gasteiger partial charge in [0, 0.05) is 37.4 Å². The topological polar surface area (TPSA) is 84.6 Å². The molecule has 1 amide bonds. The van der Waals surface area contributed by atoms with Gasteiger partial charge in [-0.25, -0.2) is 4.39 Å². The number of nitrogens with two attached hydrogens (primary N) is 1. The van der Waals surface area contributed by atoms with Crippen molar-refractivity contribution in [3.05, 3.63) is 35.1 Å².